The molecule has 0 atom stereocenters. The quantitative estimate of drug-likeness (QED) is 0.833. The fourth-order valence-electron chi connectivity index (χ4n) is 3.09. The molecule has 0 saturated heterocycles. The smallest absolute Gasteiger partial charge is 0.201 e. The van der Waals surface area contributed by atoms with E-state index < -0.39 is 0 Å². The van der Waals surface area contributed by atoms with Gasteiger partial charge in [0.2, 0.25) is 5.95 Å². The van der Waals surface area contributed by atoms with Crippen LogP contribution in [0.5, 0.6) is 0 Å². The zero-order chi connectivity index (χ0) is 12.8. The van der Waals surface area contributed by atoms with Gasteiger partial charge >= 0.3 is 0 Å². The maximum Gasteiger partial charge on any atom is 0.201 e. The van der Waals surface area contributed by atoms with Gasteiger partial charge < -0.3 is 10.3 Å². The summed E-state index contributed by atoms with van der Waals surface area (Å²) in [7, 11) is 0. The fourth-order valence-corrected chi connectivity index (χ4v) is 3.09. The highest BCUT2D eigenvalue weighted by molar-refractivity contribution is 5.80. The molecule has 0 radical (unpaired) electrons. The minimum atomic E-state index is 0.0485. The SMILES string of the molecule is CC1(n2c(N)nc3ccc(C#N)cc32)CCCC1. The van der Waals surface area contributed by atoms with E-state index in [0.29, 0.717) is 11.5 Å². The molecule has 1 saturated carbocycles. The molecule has 1 aliphatic carbocycles. The number of imidazole rings is 1. The Morgan fingerprint density at radius 3 is 2.78 bits per heavy atom. The summed E-state index contributed by atoms with van der Waals surface area (Å²) in [6.07, 6.45) is 4.71. The van der Waals surface area contributed by atoms with Gasteiger partial charge in [0, 0.05) is 5.54 Å². The van der Waals surface area contributed by atoms with Crippen LogP contribution in [0.3, 0.4) is 0 Å². The number of nitrogens with two attached hydrogens (primary N) is 1. The molecule has 1 aliphatic rings. The second-order valence-electron chi connectivity index (χ2n) is 5.32. The predicted molar refractivity (Wildman–Crippen MR) is 71.0 cm³/mol. The Balaban J connectivity index is 2.27. The third kappa shape index (κ3) is 1.47. The number of nitrogen functional groups attached to an aromatic ring is 1. The molecule has 1 aromatic heterocycles. The van der Waals surface area contributed by atoms with Crippen molar-refractivity contribution in [1.29, 1.82) is 5.26 Å². The Morgan fingerprint density at radius 2 is 2.11 bits per heavy atom. The van der Waals surface area contributed by atoms with Crippen molar-refractivity contribution in [2.75, 3.05) is 5.73 Å². The van der Waals surface area contributed by atoms with Gasteiger partial charge in [0.25, 0.3) is 0 Å². The highest BCUT2D eigenvalue weighted by Crippen LogP contribution is 2.40. The van der Waals surface area contributed by atoms with Gasteiger partial charge in [-0.1, -0.05) is 12.8 Å². The largest absolute Gasteiger partial charge is 0.369 e. The lowest BCUT2D eigenvalue weighted by atomic mass is 10.00. The van der Waals surface area contributed by atoms with E-state index in [2.05, 4.69) is 22.5 Å². The molecule has 1 fully saturated rings. The van der Waals surface area contributed by atoms with Crippen LogP contribution < -0.4 is 5.73 Å². The number of nitriles is 1. The minimum Gasteiger partial charge on any atom is -0.369 e. The van der Waals surface area contributed by atoms with Gasteiger partial charge in [-0.2, -0.15) is 5.26 Å². The molecule has 2 aromatic rings. The van der Waals surface area contributed by atoms with Crippen LogP contribution in [0.1, 0.15) is 38.2 Å². The monoisotopic (exact) mass is 240 g/mol. The lowest BCUT2D eigenvalue weighted by Gasteiger charge is -2.27. The molecule has 0 aliphatic heterocycles. The molecule has 0 spiro atoms. The first kappa shape index (κ1) is 11.1. The van der Waals surface area contributed by atoms with E-state index in [1.807, 2.05) is 12.1 Å². The van der Waals surface area contributed by atoms with Gasteiger partial charge in [-0.15, -0.1) is 0 Å². The Bertz CT molecular complexity index is 642. The lowest BCUT2D eigenvalue weighted by Crippen LogP contribution is -2.27. The van der Waals surface area contributed by atoms with Crippen molar-refractivity contribution in [3.05, 3.63) is 23.8 Å². The summed E-state index contributed by atoms with van der Waals surface area (Å²) in [5.41, 5.74) is 8.64. The van der Waals surface area contributed by atoms with E-state index in [0.717, 1.165) is 23.9 Å². The van der Waals surface area contributed by atoms with Crippen molar-refractivity contribution in [2.45, 2.75) is 38.1 Å². The van der Waals surface area contributed by atoms with E-state index in [-0.39, 0.29) is 5.54 Å². The van der Waals surface area contributed by atoms with Crippen molar-refractivity contribution in [3.63, 3.8) is 0 Å². The molecule has 1 aromatic carbocycles. The van der Waals surface area contributed by atoms with Crippen LogP contribution >= 0.6 is 0 Å². The number of hydrogen-bond acceptors (Lipinski definition) is 3. The zero-order valence-electron chi connectivity index (χ0n) is 10.5. The van der Waals surface area contributed by atoms with Crippen LogP contribution in [0.25, 0.3) is 11.0 Å². The number of fused-ring (bicyclic) bond motifs is 1. The first-order valence-corrected chi connectivity index (χ1v) is 6.33. The maximum absolute atomic E-state index is 9.01. The molecule has 18 heavy (non-hydrogen) atoms. The van der Waals surface area contributed by atoms with Crippen molar-refractivity contribution in [1.82, 2.24) is 9.55 Å². The van der Waals surface area contributed by atoms with E-state index in [1.54, 1.807) is 6.07 Å². The van der Waals surface area contributed by atoms with Gasteiger partial charge in [-0.3, -0.25) is 0 Å². The molecular weight excluding hydrogens is 224 g/mol. The van der Waals surface area contributed by atoms with Crippen LogP contribution in [0.4, 0.5) is 5.95 Å². The van der Waals surface area contributed by atoms with Crippen molar-refractivity contribution >= 4 is 17.0 Å². The number of benzene rings is 1. The topological polar surface area (TPSA) is 67.6 Å². The summed E-state index contributed by atoms with van der Waals surface area (Å²) in [4.78, 5) is 4.41. The molecule has 2 N–H and O–H groups in total. The maximum atomic E-state index is 9.01. The first-order valence-electron chi connectivity index (χ1n) is 6.33. The van der Waals surface area contributed by atoms with Gasteiger partial charge in [0.05, 0.1) is 22.7 Å². The van der Waals surface area contributed by atoms with Crippen LogP contribution in [0.15, 0.2) is 18.2 Å². The summed E-state index contributed by atoms with van der Waals surface area (Å²) >= 11 is 0. The van der Waals surface area contributed by atoms with E-state index in [4.69, 9.17) is 11.0 Å². The number of anilines is 1. The van der Waals surface area contributed by atoms with Gasteiger partial charge in [-0.05, 0) is 38.0 Å². The number of hydrogen-bond donors (Lipinski definition) is 1. The molecule has 3 rings (SSSR count). The average molecular weight is 240 g/mol. The predicted octanol–water partition coefficient (Wildman–Crippen LogP) is 2.78. The Hall–Kier alpha value is -2.02. The second kappa shape index (κ2) is 3.74. The number of nitrogens with zero attached hydrogens (tertiary/aromatic N) is 3. The Kier molecular flexibility index (Phi) is 2.30. The van der Waals surface area contributed by atoms with Gasteiger partial charge in [0.1, 0.15) is 0 Å². The molecule has 92 valence electrons. The standard InChI is InChI=1S/C14H16N4/c1-14(6-2-3-7-14)18-12-8-10(9-15)4-5-11(12)17-13(18)16/h4-5,8H,2-3,6-7H2,1H3,(H2,16,17). The highest BCUT2D eigenvalue weighted by atomic mass is 15.2. The normalized spacial score (nSPS) is 18.0. The second-order valence-corrected chi connectivity index (χ2v) is 5.32. The van der Waals surface area contributed by atoms with Gasteiger partial charge in [-0.25, -0.2) is 4.98 Å². The Morgan fingerprint density at radius 1 is 1.39 bits per heavy atom. The fraction of sp³-hybridized carbons (Fsp3) is 0.429. The Labute approximate surface area is 106 Å². The zero-order valence-corrected chi connectivity index (χ0v) is 10.5. The third-order valence-corrected chi connectivity index (χ3v) is 4.03. The van der Waals surface area contributed by atoms with E-state index in [1.165, 1.54) is 12.8 Å². The molecule has 0 unspecified atom stereocenters. The number of rotatable bonds is 1. The minimum absolute atomic E-state index is 0.0485. The summed E-state index contributed by atoms with van der Waals surface area (Å²) in [5, 5.41) is 9.01. The molecule has 0 bridgehead atoms. The molecular formula is C14H16N4. The van der Waals surface area contributed by atoms with Crippen LogP contribution in [0, 0.1) is 11.3 Å². The molecule has 4 nitrogen and oxygen atoms in total. The summed E-state index contributed by atoms with van der Waals surface area (Å²) < 4.78 is 2.12. The third-order valence-electron chi connectivity index (χ3n) is 4.03. The van der Waals surface area contributed by atoms with Crippen LogP contribution in [-0.4, -0.2) is 9.55 Å². The van der Waals surface area contributed by atoms with E-state index >= 15 is 0 Å². The van der Waals surface area contributed by atoms with Gasteiger partial charge in [0.15, 0.2) is 0 Å². The van der Waals surface area contributed by atoms with Crippen molar-refractivity contribution in [2.24, 2.45) is 0 Å². The summed E-state index contributed by atoms with van der Waals surface area (Å²) in [6, 6.07) is 7.73. The van der Waals surface area contributed by atoms with Crippen LogP contribution in [0.2, 0.25) is 0 Å². The summed E-state index contributed by atoms with van der Waals surface area (Å²) in [5.74, 6) is 0.560. The molecule has 0 amide bonds. The van der Waals surface area contributed by atoms with Crippen molar-refractivity contribution < 1.29 is 0 Å². The van der Waals surface area contributed by atoms with Crippen molar-refractivity contribution in [3.8, 4) is 6.07 Å². The lowest BCUT2D eigenvalue weighted by molar-refractivity contribution is 0.344. The van der Waals surface area contributed by atoms with Crippen LogP contribution in [-0.2, 0) is 5.54 Å². The number of aromatic nitrogens is 2. The average Bonchev–Trinajstić information content (AvgIpc) is 2.91. The molecule has 1 heterocycles. The highest BCUT2D eigenvalue weighted by Gasteiger charge is 2.33. The van der Waals surface area contributed by atoms with E-state index in [9.17, 15) is 0 Å². The first-order chi connectivity index (χ1) is 8.64. The summed E-state index contributed by atoms with van der Waals surface area (Å²) in [6.45, 7) is 2.23. The molecule has 4 heteroatoms.